The first-order valence-electron chi connectivity index (χ1n) is 9.88. The number of carbonyl (C=O) groups excluding carboxylic acids is 1. The molecule has 1 aromatic rings. The number of benzene rings is 1. The van der Waals surface area contributed by atoms with E-state index < -0.39 is 36.0 Å². The van der Waals surface area contributed by atoms with Crippen LogP contribution in [0.1, 0.15) is 13.8 Å². The van der Waals surface area contributed by atoms with Gasteiger partial charge in [0, 0.05) is 26.8 Å². The van der Waals surface area contributed by atoms with Gasteiger partial charge in [-0.1, -0.05) is 0 Å². The van der Waals surface area contributed by atoms with Crippen molar-refractivity contribution in [3.8, 4) is 11.5 Å². The second kappa shape index (κ2) is 7.86. The summed E-state index contributed by atoms with van der Waals surface area (Å²) >= 11 is 0. The molecular weight excluding hydrogens is 396 g/mol. The number of fused-ring (bicyclic) bond motifs is 1. The van der Waals surface area contributed by atoms with Gasteiger partial charge in [0.1, 0.15) is 25.4 Å². The molecule has 2 saturated heterocycles. The van der Waals surface area contributed by atoms with Crippen LogP contribution in [0, 0.1) is 0 Å². The number of carbonyl (C=O) groups is 1. The Morgan fingerprint density at radius 3 is 2.43 bits per heavy atom. The summed E-state index contributed by atoms with van der Waals surface area (Å²) in [6, 6.07) is 5.33. The number of cyclic esters (lactones) is 1. The van der Waals surface area contributed by atoms with Gasteiger partial charge in [-0.15, -0.1) is 0 Å². The maximum Gasteiger partial charge on any atom is 0.414 e. The smallest absolute Gasteiger partial charge is 0.414 e. The number of nitrogens with zero attached hydrogens (tertiary/aromatic N) is 1. The average Bonchev–Trinajstić information content (AvgIpc) is 3.16. The summed E-state index contributed by atoms with van der Waals surface area (Å²) in [6.07, 6.45) is -2.31. The Bertz CT molecular complexity index is 807. The second-order valence-corrected chi connectivity index (χ2v) is 7.63. The van der Waals surface area contributed by atoms with Gasteiger partial charge in [-0.25, -0.2) is 4.79 Å². The first kappa shape index (κ1) is 21.1. The van der Waals surface area contributed by atoms with E-state index in [0.29, 0.717) is 30.4 Å². The van der Waals surface area contributed by atoms with Crippen molar-refractivity contribution in [3.05, 3.63) is 18.2 Å². The first-order valence-corrected chi connectivity index (χ1v) is 9.88. The van der Waals surface area contributed by atoms with Crippen molar-refractivity contribution < 1.29 is 38.0 Å². The Kier molecular flexibility index (Phi) is 5.54. The van der Waals surface area contributed by atoms with Crippen molar-refractivity contribution in [1.82, 2.24) is 0 Å². The molecule has 4 rings (SSSR count). The molecule has 0 saturated carbocycles. The molecule has 2 N–H and O–H groups in total. The van der Waals surface area contributed by atoms with Crippen LogP contribution in [-0.4, -0.2) is 76.5 Å². The number of anilines is 1. The minimum atomic E-state index is -1.23. The molecule has 30 heavy (non-hydrogen) atoms. The van der Waals surface area contributed by atoms with E-state index in [1.54, 1.807) is 32.0 Å². The average molecular weight is 424 g/mol. The fraction of sp³-hybridized carbons (Fsp3) is 0.650. The maximum absolute atomic E-state index is 12.7. The molecule has 0 spiro atoms. The van der Waals surface area contributed by atoms with Gasteiger partial charge in [0.25, 0.3) is 0 Å². The lowest BCUT2D eigenvalue weighted by Crippen LogP contribution is -2.68. The summed E-state index contributed by atoms with van der Waals surface area (Å²) in [5, 5.41) is 0. The Balaban J connectivity index is 1.56. The third kappa shape index (κ3) is 3.38. The van der Waals surface area contributed by atoms with Crippen LogP contribution < -0.4 is 20.1 Å². The zero-order valence-electron chi connectivity index (χ0n) is 17.6. The Morgan fingerprint density at radius 1 is 1.10 bits per heavy atom. The summed E-state index contributed by atoms with van der Waals surface area (Å²) in [4.78, 5) is 14.2. The van der Waals surface area contributed by atoms with E-state index in [2.05, 4.69) is 0 Å². The minimum Gasteiger partial charge on any atom is -0.486 e. The molecule has 0 radical (unpaired) electrons. The molecule has 10 nitrogen and oxygen atoms in total. The van der Waals surface area contributed by atoms with E-state index in [1.165, 1.54) is 19.1 Å². The molecular formula is C20H28N2O8. The Labute approximate surface area is 175 Å². The Morgan fingerprint density at radius 2 is 1.77 bits per heavy atom. The van der Waals surface area contributed by atoms with Crippen molar-refractivity contribution in [2.75, 3.05) is 45.4 Å². The normalized spacial score (nSPS) is 36.0. The molecule has 10 heteroatoms. The second-order valence-electron chi connectivity index (χ2n) is 7.63. The van der Waals surface area contributed by atoms with E-state index in [9.17, 15) is 4.79 Å². The maximum atomic E-state index is 12.7. The molecule has 3 aliphatic rings. The molecule has 0 aliphatic carbocycles. The van der Waals surface area contributed by atoms with Crippen LogP contribution in [0.3, 0.4) is 0 Å². The van der Waals surface area contributed by atoms with Crippen LogP contribution in [0.2, 0.25) is 0 Å². The molecule has 1 amide bonds. The van der Waals surface area contributed by atoms with Crippen LogP contribution in [-0.2, 0) is 23.7 Å². The first-order chi connectivity index (χ1) is 14.3. The Hall–Kier alpha value is -2.11. The molecule has 0 aromatic heterocycles. The van der Waals surface area contributed by atoms with Crippen molar-refractivity contribution >= 4 is 11.8 Å². The van der Waals surface area contributed by atoms with Gasteiger partial charge in [0.15, 0.2) is 17.6 Å². The molecule has 1 unspecified atom stereocenters. The molecule has 1 aromatic carbocycles. The van der Waals surface area contributed by atoms with E-state index in [0.717, 1.165) is 0 Å². The van der Waals surface area contributed by atoms with Crippen molar-refractivity contribution in [1.29, 1.82) is 0 Å². The van der Waals surface area contributed by atoms with Gasteiger partial charge in [0.05, 0.1) is 12.2 Å². The summed E-state index contributed by atoms with van der Waals surface area (Å²) in [5.41, 5.74) is 6.58. The molecule has 2 fully saturated rings. The highest BCUT2D eigenvalue weighted by atomic mass is 16.8. The summed E-state index contributed by atoms with van der Waals surface area (Å²) in [7, 11) is 3.01. The van der Waals surface area contributed by atoms with Gasteiger partial charge < -0.3 is 38.9 Å². The van der Waals surface area contributed by atoms with Gasteiger partial charge in [0.2, 0.25) is 11.6 Å². The number of nitrogens with two attached hydrogens (primary N) is 1. The summed E-state index contributed by atoms with van der Waals surface area (Å²) < 4.78 is 40.2. The van der Waals surface area contributed by atoms with Crippen molar-refractivity contribution in [2.45, 2.75) is 43.7 Å². The molecule has 0 bridgehead atoms. The van der Waals surface area contributed by atoms with E-state index in [1.807, 2.05) is 0 Å². The zero-order chi connectivity index (χ0) is 21.5. The third-order valence-corrected chi connectivity index (χ3v) is 5.98. The van der Waals surface area contributed by atoms with Gasteiger partial charge in [-0.2, -0.15) is 0 Å². The van der Waals surface area contributed by atoms with Gasteiger partial charge >= 0.3 is 6.09 Å². The van der Waals surface area contributed by atoms with Crippen molar-refractivity contribution in [3.63, 3.8) is 0 Å². The van der Waals surface area contributed by atoms with Crippen LogP contribution >= 0.6 is 0 Å². The largest absolute Gasteiger partial charge is 0.486 e. The number of ether oxygens (including phenoxy) is 7. The quantitative estimate of drug-likeness (QED) is 0.746. The molecule has 3 aliphatic heterocycles. The monoisotopic (exact) mass is 424 g/mol. The van der Waals surface area contributed by atoms with Crippen LogP contribution in [0.15, 0.2) is 18.2 Å². The molecule has 5 atom stereocenters. The highest BCUT2D eigenvalue weighted by molar-refractivity contribution is 5.90. The standard InChI is InChI=1S/C20H28N2O8/c1-19(24-3)20(2,25-4)30-17(15(10-21)29-19)16-11-22(18(23)28-16)12-5-6-13-14(9-12)27-8-7-26-13/h5-6,9,15-17H,7-8,10-11,21H2,1-4H3/t15-,16?,17+,19+,20+/m1/s1. The van der Waals surface area contributed by atoms with Crippen LogP contribution in [0.25, 0.3) is 0 Å². The summed E-state index contributed by atoms with van der Waals surface area (Å²) in [6.45, 7) is 4.80. The fourth-order valence-electron chi connectivity index (χ4n) is 3.94. The minimum absolute atomic E-state index is 0.154. The van der Waals surface area contributed by atoms with E-state index in [4.69, 9.17) is 38.9 Å². The molecule has 166 valence electrons. The topological polar surface area (TPSA) is 111 Å². The van der Waals surface area contributed by atoms with E-state index >= 15 is 0 Å². The van der Waals surface area contributed by atoms with Crippen LogP contribution in [0.4, 0.5) is 10.5 Å². The highest BCUT2D eigenvalue weighted by Gasteiger charge is 2.59. The number of methoxy groups -OCH3 is 2. The predicted molar refractivity (Wildman–Crippen MR) is 105 cm³/mol. The van der Waals surface area contributed by atoms with Crippen molar-refractivity contribution in [2.24, 2.45) is 5.73 Å². The highest BCUT2D eigenvalue weighted by Crippen LogP contribution is 2.42. The van der Waals surface area contributed by atoms with Gasteiger partial charge in [-0.3, -0.25) is 4.90 Å². The predicted octanol–water partition coefficient (Wildman–Crippen LogP) is 1.25. The van der Waals surface area contributed by atoms with Gasteiger partial charge in [-0.05, 0) is 26.0 Å². The lowest BCUT2D eigenvalue weighted by atomic mass is 10.00. The number of hydrogen-bond donors (Lipinski definition) is 1. The molecule has 3 heterocycles. The third-order valence-electron chi connectivity index (χ3n) is 5.98. The lowest BCUT2D eigenvalue weighted by Gasteiger charge is -2.52. The SMILES string of the molecule is CO[C@@]1(C)O[C@H](C2CN(c3ccc4c(c3)OCCO4)C(=O)O2)[C@@H](CN)O[C@]1(C)OC. The number of amides is 1. The van der Waals surface area contributed by atoms with Crippen LogP contribution in [0.5, 0.6) is 11.5 Å². The summed E-state index contributed by atoms with van der Waals surface area (Å²) in [5.74, 6) is -1.17. The number of hydrogen-bond acceptors (Lipinski definition) is 9. The lowest BCUT2D eigenvalue weighted by molar-refractivity contribution is -0.451. The number of rotatable bonds is 5. The van der Waals surface area contributed by atoms with E-state index in [-0.39, 0.29) is 13.1 Å². The fourth-order valence-corrected chi connectivity index (χ4v) is 3.94. The zero-order valence-corrected chi connectivity index (χ0v) is 17.6.